The molecule has 0 radical (unpaired) electrons. The minimum absolute atomic E-state index is 0.00111. The third kappa shape index (κ3) is 3.89. The van der Waals surface area contributed by atoms with Gasteiger partial charge in [-0.3, -0.25) is 9.59 Å². The summed E-state index contributed by atoms with van der Waals surface area (Å²) in [6.07, 6.45) is 4.15. The van der Waals surface area contributed by atoms with Crippen LogP contribution in [0.5, 0.6) is 0 Å². The number of aryl methyl sites for hydroxylation is 1. The number of amides is 1. The summed E-state index contributed by atoms with van der Waals surface area (Å²) < 4.78 is 6.71. The number of aromatic nitrogens is 3. The van der Waals surface area contributed by atoms with E-state index in [0.717, 1.165) is 51.2 Å². The Morgan fingerprint density at radius 2 is 2.03 bits per heavy atom. The number of thiophene rings is 1. The van der Waals surface area contributed by atoms with Crippen LogP contribution < -0.4 is 10.2 Å². The monoisotopic (exact) mass is 495 g/mol. The van der Waals surface area contributed by atoms with Gasteiger partial charge >= 0.3 is 4.87 Å². The number of benzene rings is 1. The molecule has 4 heterocycles. The molecule has 1 saturated heterocycles. The lowest BCUT2D eigenvalue weighted by molar-refractivity contribution is -0.147. The molecule has 1 amide bonds. The van der Waals surface area contributed by atoms with E-state index in [1.54, 1.807) is 17.7 Å². The maximum atomic E-state index is 13.3. The molecular formula is C24H25N5O3S2. The summed E-state index contributed by atoms with van der Waals surface area (Å²) in [6.45, 7) is 5.39. The highest BCUT2D eigenvalue weighted by atomic mass is 32.1. The van der Waals surface area contributed by atoms with Gasteiger partial charge in [0.2, 0.25) is 5.91 Å². The number of carbonyl (C=O) groups is 1. The van der Waals surface area contributed by atoms with Gasteiger partial charge in [-0.15, -0.1) is 11.3 Å². The summed E-state index contributed by atoms with van der Waals surface area (Å²) >= 11 is 2.86. The van der Waals surface area contributed by atoms with Crippen LogP contribution in [0.15, 0.2) is 29.3 Å². The standard InChI is InChI=1S/C24H25N5O3S2/c1-12-9-29(10-13(2)32-12)23(30)14-3-5-16-18(7-14)33-22-20(16)21(25-11-26-22)27-15-4-6-17-19(8-15)34-24(31)28-17/h4,6,8,11-14H,3,5,7,9-10H2,1-2H3,(H,28,31)(H,25,26,27)/t12?,13?,14-/m1/s1. The summed E-state index contributed by atoms with van der Waals surface area (Å²) in [5, 5.41) is 4.48. The highest BCUT2D eigenvalue weighted by molar-refractivity contribution is 7.19. The summed E-state index contributed by atoms with van der Waals surface area (Å²) in [5.74, 6) is 1.01. The van der Waals surface area contributed by atoms with Gasteiger partial charge in [0, 0.05) is 29.6 Å². The third-order valence-corrected chi connectivity index (χ3v) is 8.62. The number of morpholine rings is 1. The molecule has 1 fully saturated rings. The van der Waals surface area contributed by atoms with E-state index in [-0.39, 0.29) is 28.9 Å². The molecule has 1 aliphatic carbocycles. The van der Waals surface area contributed by atoms with E-state index in [0.29, 0.717) is 13.1 Å². The molecule has 6 rings (SSSR count). The first-order chi connectivity index (χ1) is 16.4. The number of carbonyl (C=O) groups excluding carboxylic acids is 1. The van der Waals surface area contributed by atoms with Crippen molar-refractivity contribution in [2.45, 2.75) is 45.3 Å². The second-order valence-electron chi connectivity index (χ2n) is 9.20. The molecule has 1 aliphatic heterocycles. The van der Waals surface area contributed by atoms with Gasteiger partial charge in [0.05, 0.1) is 27.8 Å². The number of anilines is 2. The molecule has 4 aromatic rings. The zero-order valence-corrected chi connectivity index (χ0v) is 20.6. The van der Waals surface area contributed by atoms with Crippen LogP contribution in [0.2, 0.25) is 0 Å². The smallest absolute Gasteiger partial charge is 0.305 e. The highest BCUT2D eigenvalue weighted by Crippen LogP contribution is 2.41. The number of nitrogens with one attached hydrogen (secondary N) is 2. The molecule has 34 heavy (non-hydrogen) atoms. The number of fused-ring (bicyclic) bond motifs is 4. The number of rotatable bonds is 3. The molecule has 176 valence electrons. The fraction of sp³-hybridized carbons (Fsp3) is 0.417. The first kappa shape index (κ1) is 21.7. The van der Waals surface area contributed by atoms with Crippen LogP contribution >= 0.6 is 22.7 Å². The SMILES string of the molecule is CC1CN(C(=O)[C@@H]2CCc3c(sc4ncnc(Nc5ccc6[nH]c(=O)sc6c5)c34)C2)CC(C)O1. The van der Waals surface area contributed by atoms with Crippen molar-refractivity contribution < 1.29 is 9.53 Å². The number of H-pyrrole nitrogens is 1. The lowest BCUT2D eigenvalue weighted by Gasteiger charge is -2.37. The third-order valence-electron chi connectivity index (χ3n) is 6.61. The maximum absolute atomic E-state index is 13.3. The largest absolute Gasteiger partial charge is 0.372 e. The number of hydrogen-bond donors (Lipinski definition) is 2. The van der Waals surface area contributed by atoms with E-state index in [9.17, 15) is 9.59 Å². The van der Waals surface area contributed by atoms with E-state index >= 15 is 0 Å². The molecule has 8 nitrogen and oxygen atoms in total. The summed E-state index contributed by atoms with van der Waals surface area (Å²) in [6, 6.07) is 5.81. The Morgan fingerprint density at radius 1 is 1.21 bits per heavy atom. The summed E-state index contributed by atoms with van der Waals surface area (Å²) in [5.41, 5.74) is 2.96. The molecule has 1 aromatic carbocycles. The fourth-order valence-corrected chi connectivity index (χ4v) is 7.23. The highest BCUT2D eigenvalue weighted by Gasteiger charge is 2.34. The van der Waals surface area contributed by atoms with E-state index in [2.05, 4.69) is 20.3 Å². The van der Waals surface area contributed by atoms with Crippen molar-refractivity contribution >= 4 is 60.5 Å². The molecule has 10 heteroatoms. The minimum atomic E-state index is -0.0615. The first-order valence-corrected chi connectivity index (χ1v) is 13.2. The molecule has 0 spiro atoms. The molecule has 0 bridgehead atoms. The van der Waals surface area contributed by atoms with Crippen LogP contribution in [-0.4, -0.2) is 51.1 Å². The van der Waals surface area contributed by atoms with Crippen LogP contribution in [-0.2, 0) is 22.4 Å². The summed E-state index contributed by atoms with van der Waals surface area (Å²) in [4.78, 5) is 41.0. The lowest BCUT2D eigenvalue weighted by Crippen LogP contribution is -2.50. The Labute approximate surface area is 204 Å². The average molecular weight is 496 g/mol. The Kier molecular flexibility index (Phi) is 5.39. The number of ether oxygens (including phenoxy) is 1. The van der Waals surface area contributed by atoms with Crippen LogP contribution in [0.3, 0.4) is 0 Å². The Bertz CT molecular complexity index is 1450. The fourth-order valence-electron chi connectivity index (χ4n) is 5.19. The van der Waals surface area contributed by atoms with Crippen molar-refractivity contribution in [3.8, 4) is 0 Å². The second-order valence-corrected chi connectivity index (χ2v) is 11.3. The number of aromatic amines is 1. The van der Waals surface area contributed by atoms with E-state index in [1.165, 1.54) is 21.8 Å². The zero-order valence-electron chi connectivity index (χ0n) is 19.0. The first-order valence-electron chi connectivity index (χ1n) is 11.5. The van der Waals surface area contributed by atoms with Gasteiger partial charge < -0.3 is 19.9 Å². The van der Waals surface area contributed by atoms with E-state index in [4.69, 9.17) is 4.74 Å². The molecule has 3 atom stereocenters. The Hall–Kier alpha value is -2.82. The van der Waals surface area contributed by atoms with Gasteiger partial charge in [-0.1, -0.05) is 11.3 Å². The number of hydrogen-bond acceptors (Lipinski definition) is 8. The number of thiazole rings is 1. The van der Waals surface area contributed by atoms with Gasteiger partial charge in [0.15, 0.2) is 0 Å². The van der Waals surface area contributed by atoms with Gasteiger partial charge in [0.1, 0.15) is 17.0 Å². The molecular weight excluding hydrogens is 470 g/mol. The quantitative estimate of drug-likeness (QED) is 0.444. The Morgan fingerprint density at radius 3 is 2.85 bits per heavy atom. The molecule has 3 aromatic heterocycles. The van der Waals surface area contributed by atoms with Gasteiger partial charge in [0.25, 0.3) is 0 Å². The van der Waals surface area contributed by atoms with Crippen molar-refractivity contribution in [1.82, 2.24) is 19.9 Å². The molecule has 2 aliphatic rings. The minimum Gasteiger partial charge on any atom is -0.372 e. The predicted molar refractivity (Wildman–Crippen MR) is 135 cm³/mol. The van der Waals surface area contributed by atoms with Gasteiger partial charge in [-0.2, -0.15) is 0 Å². The summed E-state index contributed by atoms with van der Waals surface area (Å²) in [7, 11) is 0. The molecule has 0 saturated carbocycles. The topological polar surface area (TPSA) is 100 Å². The second kappa shape index (κ2) is 8.44. The lowest BCUT2D eigenvalue weighted by atomic mass is 9.86. The van der Waals surface area contributed by atoms with Crippen LogP contribution in [0.25, 0.3) is 20.4 Å². The van der Waals surface area contributed by atoms with Gasteiger partial charge in [-0.05, 0) is 56.9 Å². The number of nitrogens with zero attached hydrogens (tertiary/aromatic N) is 3. The predicted octanol–water partition coefficient (Wildman–Crippen LogP) is 4.08. The van der Waals surface area contributed by atoms with Crippen molar-refractivity contribution in [3.63, 3.8) is 0 Å². The van der Waals surface area contributed by atoms with Crippen LogP contribution in [0.1, 0.15) is 30.7 Å². The van der Waals surface area contributed by atoms with Crippen molar-refractivity contribution in [2.75, 3.05) is 18.4 Å². The average Bonchev–Trinajstić information content (AvgIpc) is 3.36. The van der Waals surface area contributed by atoms with E-state index < -0.39 is 0 Å². The van der Waals surface area contributed by atoms with Crippen LogP contribution in [0.4, 0.5) is 11.5 Å². The zero-order chi connectivity index (χ0) is 23.4. The normalized spacial score (nSPS) is 22.8. The molecule has 2 unspecified atom stereocenters. The van der Waals surface area contributed by atoms with Crippen molar-refractivity contribution in [1.29, 1.82) is 0 Å². The van der Waals surface area contributed by atoms with E-state index in [1.807, 2.05) is 36.9 Å². The van der Waals surface area contributed by atoms with Crippen LogP contribution in [0, 0.1) is 5.92 Å². The van der Waals surface area contributed by atoms with Crippen molar-refractivity contribution in [3.05, 3.63) is 44.6 Å². The van der Waals surface area contributed by atoms with Gasteiger partial charge in [-0.25, -0.2) is 9.97 Å². The molecule has 2 N–H and O–H groups in total. The maximum Gasteiger partial charge on any atom is 0.305 e. The van der Waals surface area contributed by atoms with Crippen molar-refractivity contribution in [2.24, 2.45) is 5.92 Å². The Balaban J connectivity index is 1.28.